The number of amides is 1. The van der Waals surface area contributed by atoms with E-state index in [1.807, 2.05) is 30.5 Å². The molecule has 8 heteroatoms. The van der Waals surface area contributed by atoms with Gasteiger partial charge in [-0.15, -0.1) is 0 Å². The fourth-order valence-electron chi connectivity index (χ4n) is 3.84. The van der Waals surface area contributed by atoms with Crippen LogP contribution in [-0.4, -0.2) is 73.4 Å². The van der Waals surface area contributed by atoms with Crippen molar-refractivity contribution < 1.29 is 17.9 Å². The Morgan fingerprint density at radius 2 is 2.04 bits per heavy atom. The van der Waals surface area contributed by atoms with Crippen LogP contribution in [0, 0.1) is 0 Å². The van der Waals surface area contributed by atoms with Crippen LogP contribution < -0.4 is 0 Å². The van der Waals surface area contributed by atoms with Gasteiger partial charge in [0.1, 0.15) is 0 Å². The Kier molecular flexibility index (Phi) is 7.42. The first-order valence-corrected chi connectivity index (χ1v) is 12.7. The minimum Gasteiger partial charge on any atom is -0.376 e. The first-order chi connectivity index (χ1) is 13.5. The van der Waals surface area contributed by atoms with E-state index in [1.165, 1.54) is 10.4 Å². The van der Waals surface area contributed by atoms with E-state index in [4.69, 9.17) is 4.74 Å². The van der Waals surface area contributed by atoms with Crippen molar-refractivity contribution in [3.05, 3.63) is 29.8 Å². The largest absolute Gasteiger partial charge is 0.376 e. The third-order valence-corrected chi connectivity index (χ3v) is 8.65. The van der Waals surface area contributed by atoms with Crippen LogP contribution in [0.5, 0.6) is 0 Å². The highest BCUT2D eigenvalue weighted by Gasteiger charge is 2.32. The molecule has 0 radical (unpaired) electrons. The number of sulfonamides is 1. The minimum absolute atomic E-state index is 0.0807. The minimum atomic E-state index is -3.59. The van der Waals surface area contributed by atoms with Crippen molar-refractivity contribution in [3.63, 3.8) is 0 Å². The third-order valence-electron chi connectivity index (χ3n) is 5.46. The van der Waals surface area contributed by atoms with Gasteiger partial charge >= 0.3 is 0 Å². The maximum atomic E-state index is 13.4. The molecule has 2 atom stereocenters. The number of carbonyl (C=O) groups is 1. The van der Waals surface area contributed by atoms with Crippen molar-refractivity contribution in [1.29, 1.82) is 0 Å². The van der Waals surface area contributed by atoms with Gasteiger partial charge in [-0.05, 0) is 43.2 Å². The molecule has 2 fully saturated rings. The lowest BCUT2D eigenvalue weighted by Crippen LogP contribution is -2.44. The molecule has 0 bridgehead atoms. The first-order valence-electron chi connectivity index (χ1n) is 10.1. The summed E-state index contributed by atoms with van der Waals surface area (Å²) in [6.07, 6.45) is 3.06. The average molecular weight is 427 g/mol. The molecule has 156 valence electrons. The highest BCUT2D eigenvalue weighted by Crippen LogP contribution is 2.27. The zero-order valence-electron chi connectivity index (χ0n) is 16.7. The maximum Gasteiger partial charge on any atom is 0.254 e. The van der Waals surface area contributed by atoms with Gasteiger partial charge in [-0.3, -0.25) is 4.79 Å². The second-order valence-electron chi connectivity index (χ2n) is 7.23. The van der Waals surface area contributed by atoms with Gasteiger partial charge in [0.15, 0.2) is 0 Å². The predicted molar refractivity (Wildman–Crippen MR) is 112 cm³/mol. The van der Waals surface area contributed by atoms with Gasteiger partial charge in [0, 0.05) is 43.6 Å². The predicted octanol–water partition coefficient (Wildman–Crippen LogP) is 2.84. The number of rotatable bonds is 8. The van der Waals surface area contributed by atoms with Gasteiger partial charge in [-0.1, -0.05) is 19.9 Å². The summed E-state index contributed by atoms with van der Waals surface area (Å²) in [5.41, 5.74) is 0.433. The standard InChI is InChI=1S/C20H30N2O4S2/c1-3-21(4-2)28(24,25)19-9-5-7-16(13-19)20(23)22(17-10-12-27-15-17)14-18-8-6-11-26-18/h5,7,9,13,17-18H,3-4,6,8,10-12,14-15H2,1-2H3. The van der Waals surface area contributed by atoms with E-state index in [0.29, 0.717) is 25.2 Å². The molecule has 2 saturated heterocycles. The van der Waals surface area contributed by atoms with E-state index < -0.39 is 10.0 Å². The Bertz CT molecular complexity index is 768. The SMILES string of the molecule is CCN(CC)S(=O)(=O)c1cccc(C(=O)N(CC2CCCO2)C2CCSC2)c1. The topological polar surface area (TPSA) is 66.9 Å². The smallest absolute Gasteiger partial charge is 0.254 e. The quantitative estimate of drug-likeness (QED) is 0.639. The Labute approximate surface area is 172 Å². The van der Waals surface area contributed by atoms with Gasteiger partial charge < -0.3 is 9.64 Å². The summed E-state index contributed by atoms with van der Waals surface area (Å²) in [5, 5.41) is 0. The summed E-state index contributed by atoms with van der Waals surface area (Å²) < 4.78 is 32.9. The number of benzene rings is 1. The number of thioether (sulfide) groups is 1. The van der Waals surface area contributed by atoms with Crippen LogP contribution in [0.25, 0.3) is 0 Å². The van der Waals surface area contributed by atoms with E-state index in [9.17, 15) is 13.2 Å². The molecule has 0 spiro atoms. The monoisotopic (exact) mass is 426 g/mol. The Morgan fingerprint density at radius 3 is 2.64 bits per heavy atom. The van der Waals surface area contributed by atoms with Crippen LogP contribution in [0.3, 0.4) is 0 Å². The molecular formula is C20H30N2O4S2. The molecule has 0 N–H and O–H groups in total. The molecule has 28 heavy (non-hydrogen) atoms. The van der Waals surface area contributed by atoms with Crippen LogP contribution in [0.15, 0.2) is 29.2 Å². The van der Waals surface area contributed by atoms with Crippen LogP contribution >= 0.6 is 11.8 Å². The number of nitrogens with zero attached hydrogens (tertiary/aromatic N) is 2. The fraction of sp³-hybridized carbons (Fsp3) is 0.650. The summed E-state index contributed by atoms with van der Waals surface area (Å²) >= 11 is 1.86. The molecule has 2 heterocycles. The van der Waals surface area contributed by atoms with Crippen molar-refractivity contribution in [2.75, 3.05) is 37.7 Å². The summed E-state index contributed by atoms with van der Waals surface area (Å²) in [4.78, 5) is 15.5. The summed E-state index contributed by atoms with van der Waals surface area (Å²) in [7, 11) is -3.59. The Hall–Kier alpha value is -1.09. The Morgan fingerprint density at radius 1 is 1.25 bits per heavy atom. The van der Waals surface area contributed by atoms with E-state index in [0.717, 1.165) is 37.4 Å². The highest BCUT2D eigenvalue weighted by atomic mass is 32.2. The number of carbonyl (C=O) groups excluding carboxylic acids is 1. The van der Waals surface area contributed by atoms with E-state index >= 15 is 0 Å². The third kappa shape index (κ3) is 4.72. The molecule has 2 aliphatic rings. The molecule has 2 unspecified atom stereocenters. The second kappa shape index (κ2) is 9.61. The van der Waals surface area contributed by atoms with Crippen molar-refractivity contribution in [3.8, 4) is 0 Å². The lowest BCUT2D eigenvalue weighted by atomic mass is 10.1. The van der Waals surface area contributed by atoms with E-state index in [1.54, 1.807) is 18.2 Å². The van der Waals surface area contributed by atoms with Crippen LogP contribution in [-0.2, 0) is 14.8 Å². The molecule has 3 rings (SSSR count). The van der Waals surface area contributed by atoms with E-state index in [2.05, 4.69) is 0 Å². The highest BCUT2D eigenvalue weighted by molar-refractivity contribution is 7.99. The molecule has 1 aromatic carbocycles. The molecule has 0 aliphatic carbocycles. The number of hydrogen-bond acceptors (Lipinski definition) is 5. The maximum absolute atomic E-state index is 13.4. The van der Waals surface area contributed by atoms with Crippen molar-refractivity contribution in [1.82, 2.24) is 9.21 Å². The fourth-order valence-corrected chi connectivity index (χ4v) is 6.57. The normalized spacial score (nSPS) is 22.7. The second-order valence-corrected chi connectivity index (χ2v) is 10.3. The molecular weight excluding hydrogens is 396 g/mol. The van der Waals surface area contributed by atoms with Crippen LogP contribution in [0.1, 0.15) is 43.5 Å². The lowest BCUT2D eigenvalue weighted by Gasteiger charge is -2.31. The summed E-state index contributed by atoms with van der Waals surface area (Å²) in [6.45, 7) is 5.78. The molecule has 6 nitrogen and oxygen atoms in total. The molecule has 0 saturated carbocycles. The molecule has 1 amide bonds. The summed E-state index contributed by atoms with van der Waals surface area (Å²) in [5.74, 6) is 1.88. The van der Waals surface area contributed by atoms with Gasteiger partial charge in [-0.2, -0.15) is 16.1 Å². The first kappa shape index (κ1) is 21.6. The number of hydrogen-bond donors (Lipinski definition) is 0. The zero-order chi connectivity index (χ0) is 20.1. The van der Waals surface area contributed by atoms with Gasteiger partial charge in [0.25, 0.3) is 5.91 Å². The zero-order valence-corrected chi connectivity index (χ0v) is 18.3. The van der Waals surface area contributed by atoms with Gasteiger partial charge in [-0.25, -0.2) is 8.42 Å². The van der Waals surface area contributed by atoms with Crippen molar-refractivity contribution >= 4 is 27.7 Å². The average Bonchev–Trinajstić information content (AvgIpc) is 3.40. The summed E-state index contributed by atoms with van der Waals surface area (Å²) in [6, 6.07) is 6.66. The van der Waals surface area contributed by atoms with E-state index in [-0.39, 0.29) is 22.9 Å². The molecule has 0 aromatic heterocycles. The Balaban J connectivity index is 1.86. The van der Waals surface area contributed by atoms with Crippen molar-refractivity contribution in [2.45, 2.75) is 50.2 Å². The van der Waals surface area contributed by atoms with Gasteiger partial charge in [0.2, 0.25) is 10.0 Å². The van der Waals surface area contributed by atoms with Crippen molar-refractivity contribution in [2.24, 2.45) is 0 Å². The number of ether oxygens (including phenoxy) is 1. The van der Waals surface area contributed by atoms with Crippen LogP contribution in [0.2, 0.25) is 0 Å². The molecule has 2 aliphatic heterocycles. The molecule has 1 aromatic rings. The van der Waals surface area contributed by atoms with Gasteiger partial charge in [0.05, 0.1) is 11.0 Å². The van der Waals surface area contributed by atoms with Crippen LogP contribution in [0.4, 0.5) is 0 Å². The lowest BCUT2D eigenvalue weighted by molar-refractivity contribution is 0.0441.